The average Bonchev–Trinajstić information content (AvgIpc) is 2.29. The lowest BCUT2D eigenvalue weighted by atomic mass is 9.72. The summed E-state index contributed by atoms with van der Waals surface area (Å²) in [7, 11) is 0. The van der Waals surface area contributed by atoms with Gasteiger partial charge in [-0.3, -0.25) is 0 Å². The Morgan fingerprint density at radius 3 is 2.38 bits per heavy atom. The summed E-state index contributed by atoms with van der Waals surface area (Å²) in [5.74, 6) is 0.804. The molecule has 0 saturated carbocycles. The van der Waals surface area contributed by atoms with Crippen LogP contribution in [0.15, 0.2) is 0 Å². The average molecular weight is 296 g/mol. The van der Waals surface area contributed by atoms with Crippen LogP contribution in [0.2, 0.25) is 0 Å². The molecule has 3 fully saturated rings. The van der Waals surface area contributed by atoms with Gasteiger partial charge in [-0.05, 0) is 39.5 Å². The van der Waals surface area contributed by atoms with Crippen molar-refractivity contribution >= 4 is 6.09 Å². The molecule has 0 aromatic rings. The van der Waals surface area contributed by atoms with E-state index in [0.29, 0.717) is 5.41 Å². The number of nitrogens with zero attached hydrogens (tertiary/aromatic N) is 2. The molecule has 5 heteroatoms. The Hall–Kier alpha value is -0.810. The van der Waals surface area contributed by atoms with Crippen molar-refractivity contribution in [3.63, 3.8) is 0 Å². The molecule has 21 heavy (non-hydrogen) atoms. The summed E-state index contributed by atoms with van der Waals surface area (Å²) in [4.78, 5) is 16.3. The number of amides is 1. The van der Waals surface area contributed by atoms with Crippen molar-refractivity contribution in [3.05, 3.63) is 0 Å². The van der Waals surface area contributed by atoms with Gasteiger partial charge in [0.25, 0.3) is 0 Å². The Morgan fingerprint density at radius 2 is 1.81 bits per heavy atom. The van der Waals surface area contributed by atoms with Gasteiger partial charge < -0.3 is 19.3 Å². The summed E-state index contributed by atoms with van der Waals surface area (Å²) in [6.45, 7) is 12.8. The fourth-order valence-corrected chi connectivity index (χ4v) is 3.74. The van der Waals surface area contributed by atoms with Crippen LogP contribution in [-0.2, 0) is 9.47 Å². The van der Waals surface area contributed by atoms with E-state index in [1.54, 1.807) is 0 Å². The number of ether oxygens (including phenoxy) is 2. The van der Waals surface area contributed by atoms with Crippen molar-refractivity contribution in [1.29, 1.82) is 0 Å². The van der Waals surface area contributed by atoms with Crippen molar-refractivity contribution in [2.45, 2.75) is 39.2 Å². The molecule has 0 N–H and O–H groups in total. The zero-order chi connectivity index (χ0) is 15.1. The lowest BCUT2D eigenvalue weighted by molar-refractivity contribution is -0.119. The number of carbonyl (C=O) groups excluding carboxylic acids is 1. The highest BCUT2D eigenvalue weighted by molar-refractivity contribution is 5.69. The van der Waals surface area contributed by atoms with Crippen LogP contribution in [0.4, 0.5) is 4.79 Å². The highest BCUT2D eigenvalue weighted by Crippen LogP contribution is 2.40. The van der Waals surface area contributed by atoms with Crippen LogP contribution in [0.25, 0.3) is 0 Å². The predicted molar refractivity (Wildman–Crippen MR) is 80.2 cm³/mol. The van der Waals surface area contributed by atoms with E-state index in [0.717, 1.165) is 45.3 Å². The molecule has 1 spiro atoms. The van der Waals surface area contributed by atoms with Gasteiger partial charge in [-0.2, -0.15) is 0 Å². The first-order chi connectivity index (χ1) is 9.85. The van der Waals surface area contributed by atoms with Crippen molar-refractivity contribution in [2.24, 2.45) is 11.3 Å². The van der Waals surface area contributed by atoms with Gasteiger partial charge in [0.15, 0.2) is 0 Å². The fourth-order valence-electron chi connectivity index (χ4n) is 3.74. The van der Waals surface area contributed by atoms with Crippen molar-refractivity contribution in [1.82, 2.24) is 9.80 Å². The molecule has 3 heterocycles. The Balaban J connectivity index is 1.36. The molecule has 0 aromatic carbocycles. The molecule has 3 saturated heterocycles. The summed E-state index contributed by atoms with van der Waals surface area (Å²) in [5, 5.41) is 0. The highest BCUT2D eigenvalue weighted by atomic mass is 16.6. The standard InChI is InChI=1S/C16H28N2O3/c1-15(2,3)21-14(19)18-11-16(12-18)9-17(10-16)8-13-4-6-20-7-5-13/h13H,4-12H2,1-3H3. The first kappa shape index (κ1) is 15.1. The molecule has 0 atom stereocenters. The quantitative estimate of drug-likeness (QED) is 0.781. The maximum atomic E-state index is 11.9. The second-order valence-electron chi connectivity index (χ2n) is 8.06. The van der Waals surface area contributed by atoms with Crippen molar-refractivity contribution in [3.8, 4) is 0 Å². The van der Waals surface area contributed by atoms with Crippen LogP contribution >= 0.6 is 0 Å². The zero-order valence-electron chi connectivity index (χ0n) is 13.6. The number of rotatable bonds is 2. The first-order valence-electron chi connectivity index (χ1n) is 8.13. The topological polar surface area (TPSA) is 42.0 Å². The van der Waals surface area contributed by atoms with Gasteiger partial charge in [-0.25, -0.2) is 4.79 Å². The van der Waals surface area contributed by atoms with E-state index in [2.05, 4.69) is 4.90 Å². The molecule has 0 aromatic heterocycles. The molecule has 0 radical (unpaired) electrons. The molecule has 3 aliphatic rings. The van der Waals surface area contributed by atoms with Crippen molar-refractivity contribution in [2.75, 3.05) is 45.9 Å². The van der Waals surface area contributed by atoms with E-state index in [4.69, 9.17) is 9.47 Å². The molecular formula is C16H28N2O3. The third-order valence-electron chi connectivity index (χ3n) is 4.68. The summed E-state index contributed by atoms with van der Waals surface area (Å²) in [5.41, 5.74) is -0.0311. The Labute approximate surface area is 127 Å². The number of likely N-dealkylation sites (tertiary alicyclic amines) is 2. The SMILES string of the molecule is CC(C)(C)OC(=O)N1CC2(CN(CC3CCOCC3)C2)C1. The minimum Gasteiger partial charge on any atom is -0.444 e. The van der Waals surface area contributed by atoms with E-state index < -0.39 is 5.60 Å². The largest absolute Gasteiger partial charge is 0.444 e. The molecule has 0 bridgehead atoms. The summed E-state index contributed by atoms with van der Waals surface area (Å²) < 4.78 is 10.8. The maximum absolute atomic E-state index is 11.9. The van der Waals surface area contributed by atoms with E-state index in [1.807, 2.05) is 25.7 Å². The van der Waals surface area contributed by atoms with Gasteiger partial charge in [0.1, 0.15) is 5.60 Å². The monoisotopic (exact) mass is 296 g/mol. The lowest BCUT2D eigenvalue weighted by Gasteiger charge is -2.60. The van der Waals surface area contributed by atoms with Crippen LogP contribution in [0.3, 0.4) is 0 Å². The van der Waals surface area contributed by atoms with Gasteiger partial charge in [0, 0.05) is 51.4 Å². The van der Waals surface area contributed by atoms with Crippen LogP contribution in [0, 0.1) is 11.3 Å². The second kappa shape index (κ2) is 5.43. The maximum Gasteiger partial charge on any atom is 0.410 e. The van der Waals surface area contributed by atoms with E-state index >= 15 is 0 Å². The zero-order valence-corrected chi connectivity index (χ0v) is 13.6. The predicted octanol–water partition coefficient (Wildman–Crippen LogP) is 1.97. The molecule has 3 rings (SSSR count). The minimum atomic E-state index is -0.394. The van der Waals surface area contributed by atoms with Crippen LogP contribution < -0.4 is 0 Å². The van der Waals surface area contributed by atoms with Crippen molar-refractivity contribution < 1.29 is 14.3 Å². The Morgan fingerprint density at radius 1 is 1.19 bits per heavy atom. The summed E-state index contributed by atoms with van der Waals surface area (Å²) in [6, 6.07) is 0. The molecule has 0 aliphatic carbocycles. The summed E-state index contributed by atoms with van der Waals surface area (Å²) in [6.07, 6.45) is 2.25. The smallest absolute Gasteiger partial charge is 0.410 e. The number of hydrogen-bond acceptors (Lipinski definition) is 4. The van der Waals surface area contributed by atoms with E-state index in [1.165, 1.54) is 19.4 Å². The van der Waals surface area contributed by atoms with Crippen LogP contribution in [0.5, 0.6) is 0 Å². The third kappa shape index (κ3) is 3.51. The molecular weight excluding hydrogens is 268 g/mol. The third-order valence-corrected chi connectivity index (χ3v) is 4.68. The fraction of sp³-hybridized carbons (Fsp3) is 0.938. The van der Waals surface area contributed by atoms with E-state index in [9.17, 15) is 4.79 Å². The minimum absolute atomic E-state index is 0.156. The lowest BCUT2D eigenvalue weighted by Crippen LogP contribution is -2.73. The number of hydrogen-bond donors (Lipinski definition) is 0. The van der Waals surface area contributed by atoms with Gasteiger partial charge in [0.2, 0.25) is 0 Å². The molecule has 3 aliphatic heterocycles. The van der Waals surface area contributed by atoms with Crippen LogP contribution in [0.1, 0.15) is 33.6 Å². The normalized spacial score (nSPS) is 26.3. The van der Waals surface area contributed by atoms with Gasteiger partial charge in [-0.1, -0.05) is 0 Å². The molecule has 120 valence electrons. The van der Waals surface area contributed by atoms with Gasteiger partial charge in [0.05, 0.1) is 0 Å². The molecule has 5 nitrogen and oxygen atoms in total. The molecule has 0 unspecified atom stereocenters. The first-order valence-corrected chi connectivity index (χ1v) is 8.13. The Bertz CT molecular complexity index is 385. The van der Waals surface area contributed by atoms with Gasteiger partial charge >= 0.3 is 6.09 Å². The molecule has 1 amide bonds. The van der Waals surface area contributed by atoms with Crippen LogP contribution in [-0.4, -0.2) is 67.4 Å². The highest BCUT2D eigenvalue weighted by Gasteiger charge is 2.53. The van der Waals surface area contributed by atoms with E-state index in [-0.39, 0.29) is 6.09 Å². The van der Waals surface area contributed by atoms with Gasteiger partial charge in [-0.15, -0.1) is 0 Å². The second-order valence-corrected chi connectivity index (χ2v) is 8.06. The summed E-state index contributed by atoms with van der Waals surface area (Å²) >= 11 is 0. The number of carbonyl (C=O) groups is 1. The Kier molecular flexibility index (Phi) is 3.91.